The van der Waals surface area contributed by atoms with Crippen LogP contribution in [0.15, 0.2) is 11.6 Å². The lowest BCUT2D eigenvalue weighted by Gasteiger charge is -2.71. The second-order valence-electron chi connectivity index (χ2n) is 23.1. The number of carbonyl (C=O) groups is 2. The molecule has 23 atom stereocenters. The number of aliphatic hydroxyl groups is 10. The molecule has 0 aromatic carbocycles. The van der Waals surface area contributed by atoms with Crippen LogP contribution in [0, 0.1) is 50.2 Å². The Bertz CT molecular complexity index is 1860. The molecule has 0 unspecified atom stereocenters. The van der Waals surface area contributed by atoms with Gasteiger partial charge in [-0.1, -0.05) is 60.1 Å². The fourth-order valence-electron chi connectivity index (χ4n) is 14.7. The minimum Gasteiger partial charge on any atom is -0.479 e. The van der Waals surface area contributed by atoms with Crippen molar-refractivity contribution in [2.24, 2.45) is 50.2 Å². The van der Waals surface area contributed by atoms with Gasteiger partial charge in [-0.15, -0.1) is 0 Å². The first-order chi connectivity index (χ1) is 30.7. The lowest BCUT2D eigenvalue weighted by atomic mass is 9.33. The number of carboxylic acid groups (broad SMARTS) is 1. The number of allylic oxidation sites excluding steroid dienone is 2. The van der Waals surface area contributed by atoms with Crippen molar-refractivity contribution in [1.82, 2.24) is 0 Å². The molecule has 8 aliphatic rings. The Kier molecular flexibility index (Phi) is 13.3. The highest BCUT2D eigenvalue weighted by Gasteiger charge is 2.71. The predicted molar refractivity (Wildman–Crippen MR) is 226 cm³/mol. The number of fused-ring (bicyclic) bond motifs is 7. The molecule has 0 bridgehead atoms. The summed E-state index contributed by atoms with van der Waals surface area (Å²) < 4.78 is 35.4. The molecule has 376 valence electrons. The molecule has 19 nitrogen and oxygen atoms in total. The molecule has 3 aliphatic heterocycles. The first-order valence-corrected chi connectivity index (χ1v) is 23.8. The third-order valence-corrected chi connectivity index (χ3v) is 19.1. The largest absolute Gasteiger partial charge is 0.479 e. The molecule has 0 aromatic rings. The van der Waals surface area contributed by atoms with Gasteiger partial charge in [-0.3, -0.25) is 4.79 Å². The summed E-state index contributed by atoms with van der Waals surface area (Å²) in [5.74, 6) is -2.27. The van der Waals surface area contributed by atoms with Gasteiger partial charge in [0, 0.05) is 0 Å². The fourth-order valence-corrected chi connectivity index (χ4v) is 14.7. The molecule has 19 heteroatoms. The number of aliphatic carboxylic acids is 1. The van der Waals surface area contributed by atoms with E-state index < -0.39 is 140 Å². The summed E-state index contributed by atoms with van der Waals surface area (Å²) in [7, 11) is 0. The lowest BCUT2D eigenvalue weighted by Crippen LogP contribution is -2.67. The average molecular weight is 943 g/mol. The predicted octanol–water partition coefficient (Wildman–Crippen LogP) is -0.157. The molecule has 11 N–H and O–H groups in total. The molecule has 4 saturated carbocycles. The van der Waals surface area contributed by atoms with E-state index in [1.54, 1.807) is 0 Å². The monoisotopic (exact) mass is 942 g/mol. The van der Waals surface area contributed by atoms with E-state index in [0.717, 1.165) is 18.4 Å². The van der Waals surface area contributed by atoms with Gasteiger partial charge in [0.1, 0.15) is 61.0 Å². The number of ether oxygens (including phenoxy) is 6. The number of aliphatic hydroxyl groups excluding tert-OH is 10. The van der Waals surface area contributed by atoms with Crippen LogP contribution in [-0.2, 0) is 38.0 Å². The van der Waals surface area contributed by atoms with E-state index in [0.29, 0.717) is 38.5 Å². The fraction of sp³-hybridized carbons (Fsp3) is 0.915. The first kappa shape index (κ1) is 50.5. The van der Waals surface area contributed by atoms with Gasteiger partial charge in [0.05, 0.1) is 30.8 Å². The van der Waals surface area contributed by atoms with Crippen LogP contribution in [0.4, 0.5) is 0 Å². The molecule has 0 amide bonds. The van der Waals surface area contributed by atoms with Crippen molar-refractivity contribution in [2.75, 3.05) is 13.2 Å². The average Bonchev–Trinajstić information content (AvgIpc) is 3.25. The second kappa shape index (κ2) is 17.4. The molecular formula is C47H74O19. The summed E-state index contributed by atoms with van der Waals surface area (Å²) in [6, 6.07) is 0. The SMILES string of the molecule is CC1(C)C[C@H]2C3=CC[C@@H]4[C@@]5(C)CC[C@H](O[C@@H]6O[C@H](C(=O)O)[C@@H](O)[C@H](O)[C@H]6O[C@@H]6OC[C@H](O)[C@H](O)[C@H]6O)C(C)(C)[C@@H]5CC[C@@]4(C)[C@]3(C)CC[C@@]2(C(=O)O[C@@H]2O[C@H](CO)[C@@H](O)[C@H](O)[C@H]2O)C[C@@H]1O. The maximum atomic E-state index is 14.7. The van der Waals surface area contributed by atoms with Crippen LogP contribution in [-0.4, -0.2) is 180 Å². The van der Waals surface area contributed by atoms with Crippen molar-refractivity contribution in [3.05, 3.63) is 11.6 Å². The molecule has 3 heterocycles. The van der Waals surface area contributed by atoms with Gasteiger partial charge in [0.2, 0.25) is 6.29 Å². The van der Waals surface area contributed by atoms with Crippen LogP contribution in [0.3, 0.4) is 0 Å². The van der Waals surface area contributed by atoms with Crippen LogP contribution in [0.5, 0.6) is 0 Å². The Morgan fingerprint density at radius 3 is 2.06 bits per heavy atom. The zero-order valence-corrected chi connectivity index (χ0v) is 39.0. The van der Waals surface area contributed by atoms with E-state index in [1.165, 1.54) is 0 Å². The van der Waals surface area contributed by atoms with Crippen molar-refractivity contribution >= 4 is 11.9 Å². The van der Waals surface area contributed by atoms with E-state index in [9.17, 15) is 65.8 Å². The van der Waals surface area contributed by atoms with E-state index >= 15 is 0 Å². The number of carbonyl (C=O) groups excluding carboxylic acids is 1. The standard InChI is InChI=1S/C47H74O19/c1-42(2)16-21-20-8-9-25-44(5)12-11-27(63-40-36(32(55)31(54)35(64-40)37(58)59)65-38-33(56)28(51)22(49)19-61-38)43(3,4)24(44)10-13-46(25,7)45(20,6)14-15-47(21,17-26(42)50)41(60)66-39-34(57)30(53)29(52)23(18-48)62-39/h8,21-36,38-40,48-57H,9-19H2,1-7H3,(H,58,59)/t21-,22-,23+,24-,25+,26-,27-,28-,29+,30-,31-,32-,33+,34+,35-,36+,38-,39-,40+,44-,45+,46+,47+/m0/s1. The topological polar surface area (TPSA) is 312 Å². The summed E-state index contributed by atoms with van der Waals surface area (Å²) in [5, 5.41) is 116. The molecule has 0 spiro atoms. The summed E-state index contributed by atoms with van der Waals surface area (Å²) in [6.07, 6.45) is -17.1. The number of carboxylic acids is 1. The Balaban J connectivity index is 1.06. The highest BCUT2D eigenvalue weighted by Crippen LogP contribution is 2.76. The number of rotatable bonds is 8. The molecule has 5 aliphatic carbocycles. The van der Waals surface area contributed by atoms with Crippen LogP contribution in [0.25, 0.3) is 0 Å². The van der Waals surface area contributed by atoms with Crippen molar-refractivity contribution in [1.29, 1.82) is 0 Å². The van der Waals surface area contributed by atoms with Crippen LogP contribution >= 0.6 is 0 Å². The Labute approximate surface area is 385 Å². The Morgan fingerprint density at radius 1 is 0.712 bits per heavy atom. The van der Waals surface area contributed by atoms with Crippen LogP contribution in [0.1, 0.15) is 106 Å². The third kappa shape index (κ3) is 7.64. The highest BCUT2D eigenvalue weighted by atomic mass is 16.8. The van der Waals surface area contributed by atoms with E-state index in [4.69, 9.17) is 28.4 Å². The molecular weight excluding hydrogens is 868 g/mol. The van der Waals surface area contributed by atoms with Gasteiger partial charge in [-0.2, -0.15) is 0 Å². The second-order valence-corrected chi connectivity index (χ2v) is 23.1. The Hall–Kier alpha value is -1.92. The first-order valence-electron chi connectivity index (χ1n) is 23.8. The van der Waals surface area contributed by atoms with E-state index in [1.807, 2.05) is 13.8 Å². The quantitative estimate of drug-likeness (QED) is 0.0856. The van der Waals surface area contributed by atoms with Crippen LogP contribution < -0.4 is 0 Å². The van der Waals surface area contributed by atoms with Crippen LogP contribution in [0.2, 0.25) is 0 Å². The molecule has 3 saturated heterocycles. The van der Waals surface area contributed by atoms with Gasteiger partial charge < -0.3 is 84.6 Å². The summed E-state index contributed by atoms with van der Waals surface area (Å²) >= 11 is 0. The number of hydrogen-bond donors (Lipinski definition) is 11. The smallest absolute Gasteiger partial charge is 0.335 e. The maximum absolute atomic E-state index is 14.7. The molecule has 66 heavy (non-hydrogen) atoms. The van der Waals surface area contributed by atoms with Crippen molar-refractivity contribution in [3.8, 4) is 0 Å². The van der Waals surface area contributed by atoms with Gasteiger partial charge in [0.25, 0.3) is 0 Å². The minimum atomic E-state index is -1.93. The Morgan fingerprint density at radius 2 is 1.39 bits per heavy atom. The van der Waals surface area contributed by atoms with Crippen molar-refractivity contribution < 1.29 is 94.2 Å². The zero-order valence-electron chi connectivity index (χ0n) is 39.0. The molecule has 8 rings (SSSR count). The van der Waals surface area contributed by atoms with Gasteiger partial charge in [0.15, 0.2) is 18.7 Å². The zero-order chi connectivity index (χ0) is 48.4. The van der Waals surface area contributed by atoms with E-state index in [-0.39, 0.29) is 40.4 Å². The summed E-state index contributed by atoms with van der Waals surface area (Å²) in [4.78, 5) is 26.9. The normalized spacial score (nSPS) is 53.2. The third-order valence-electron chi connectivity index (χ3n) is 19.1. The number of esters is 1. The summed E-state index contributed by atoms with van der Waals surface area (Å²) in [5.41, 5.74) is -2.02. The van der Waals surface area contributed by atoms with Gasteiger partial charge in [-0.25, -0.2) is 4.79 Å². The molecule has 0 radical (unpaired) electrons. The van der Waals surface area contributed by atoms with Crippen molar-refractivity contribution in [3.63, 3.8) is 0 Å². The maximum Gasteiger partial charge on any atom is 0.335 e. The molecule has 7 fully saturated rings. The van der Waals surface area contributed by atoms with Gasteiger partial charge in [-0.05, 0) is 103 Å². The lowest BCUT2D eigenvalue weighted by molar-refractivity contribution is -0.366. The minimum absolute atomic E-state index is 0.0780. The van der Waals surface area contributed by atoms with E-state index in [2.05, 4.69) is 40.7 Å². The summed E-state index contributed by atoms with van der Waals surface area (Å²) in [6.45, 7) is 14.2. The van der Waals surface area contributed by atoms with Gasteiger partial charge >= 0.3 is 11.9 Å². The molecule has 0 aromatic heterocycles. The number of hydrogen-bond acceptors (Lipinski definition) is 18. The highest BCUT2D eigenvalue weighted by molar-refractivity contribution is 5.79. The van der Waals surface area contributed by atoms with Crippen molar-refractivity contribution in [2.45, 2.75) is 204 Å².